The van der Waals surface area contributed by atoms with Gasteiger partial charge in [-0.05, 0) is 19.1 Å². The Labute approximate surface area is 113 Å². The summed E-state index contributed by atoms with van der Waals surface area (Å²) in [6.07, 6.45) is 0. The highest BCUT2D eigenvalue weighted by Gasteiger charge is 2.04. The van der Waals surface area contributed by atoms with Gasteiger partial charge in [0.25, 0.3) is 0 Å². The number of aliphatic hydroxyl groups is 1. The molecule has 0 fully saturated rings. The fourth-order valence-electron chi connectivity index (χ4n) is 1.97. The van der Waals surface area contributed by atoms with Gasteiger partial charge >= 0.3 is 0 Å². The summed E-state index contributed by atoms with van der Waals surface area (Å²) in [5.74, 6) is 0.902. The number of anilines is 1. The molecule has 0 unspecified atom stereocenters. The van der Waals surface area contributed by atoms with Crippen molar-refractivity contribution in [2.24, 2.45) is 0 Å². The standard InChI is InChI=1S/C16H19NO2/c1-2-19-16-10-6-4-7-13(16)11-17-15-9-5-3-8-14(15)12-18/h3-10,17-18H,2,11-12H2,1H3. The maximum Gasteiger partial charge on any atom is 0.124 e. The lowest BCUT2D eigenvalue weighted by molar-refractivity contribution is 0.282. The first-order valence-electron chi connectivity index (χ1n) is 6.48. The molecule has 2 aromatic carbocycles. The van der Waals surface area contributed by atoms with Crippen molar-refractivity contribution in [2.45, 2.75) is 20.1 Å². The van der Waals surface area contributed by atoms with E-state index in [-0.39, 0.29) is 6.61 Å². The van der Waals surface area contributed by atoms with E-state index in [2.05, 4.69) is 5.32 Å². The molecule has 0 amide bonds. The normalized spacial score (nSPS) is 10.2. The van der Waals surface area contributed by atoms with E-state index < -0.39 is 0 Å². The lowest BCUT2D eigenvalue weighted by atomic mass is 10.1. The Morgan fingerprint density at radius 1 is 1.00 bits per heavy atom. The molecule has 0 aliphatic carbocycles. The molecule has 2 aromatic rings. The number of nitrogens with one attached hydrogen (secondary N) is 1. The highest BCUT2D eigenvalue weighted by molar-refractivity contribution is 5.51. The van der Waals surface area contributed by atoms with Crippen molar-refractivity contribution in [1.82, 2.24) is 0 Å². The van der Waals surface area contributed by atoms with E-state index in [1.54, 1.807) is 0 Å². The molecule has 0 bridgehead atoms. The van der Waals surface area contributed by atoms with Crippen LogP contribution in [0.3, 0.4) is 0 Å². The van der Waals surface area contributed by atoms with Gasteiger partial charge in [-0.1, -0.05) is 36.4 Å². The average molecular weight is 257 g/mol. The van der Waals surface area contributed by atoms with Crippen molar-refractivity contribution in [3.63, 3.8) is 0 Å². The molecule has 100 valence electrons. The van der Waals surface area contributed by atoms with E-state index in [1.165, 1.54) is 0 Å². The number of hydrogen-bond acceptors (Lipinski definition) is 3. The molecule has 0 spiro atoms. The number of aliphatic hydroxyl groups excluding tert-OH is 1. The number of hydrogen-bond donors (Lipinski definition) is 2. The monoisotopic (exact) mass is 257 g/mol. The van der Waals surface area contributed by atoms with Crippen molar-refractivity contribution >= 4 is 5.69 Å². The van der Waals surface area contributed by atoms with Gasteiger partial charge in [-0.2, -0.15) is 0 Å². The van der Waals surface area contributed by atoms with Gasteiger partial charge in [-0.25, -0.2) is 0 Å². The van der Waals surface area contributed by atoms with Crippen LogP contribution in [0, 0.1) is 0 Å². The Balaban J connectivity index is 2.10. The zero-order chi connectivity index (χ0) is 13.5. The summed E-state index contributed by atoms with van der Waals surface area (Å²) in [7, 11) is 0. The van der Waals surface area contributed by atoms with E-state index in [1.807, 2.05) is 55.5 Å². The molecule has 3 heteroatoms. The molecule has 0 heterocycles. The number of para-hydroxylation sites is 2. The molecule has 3 nitrogen and oxygen atoms in total. The molecule has 0 atom stereocenters. The van der Waals surface area contributed by atoms with Crippen LogP contribution in [0.1, 0.15) is 18.1 Å². The van der Waals surface area contributed by atoms with Crippen LogP contribution >= 0.6 is 0 Å². The van der Waals surface area contributed by atoms with Gasteiger partial charge in [0.2, 0.25) is 0 Å². The second-order valence-corrected chi connectivity index (χ2v) is 4.21. The van der Waals surface area contributed by atoms with E-state index in [4.69, 9.17) is 4.74 Å². The maximum atomic E-state index is 9.29. The van der Waals surface area contributed by atoms with Crippen LogP contribution in [0.2, 0.25) is 0 Å². The lowest BCUT2D eigenvalue weighted by Crippen LogP contribution is -2.04. The van der Waals surface area contributed by atoms with Crippen LogP contribution in [0.5, 0.6) is 5.75 Å². The van der Waals surface area contributed by atoms with Crippen molar-refractivity contribution in [2.75, 3.05) is 11.9 Å². The van der Waals surface area contributed by atoms with Crippen molar-refractivity contribution in [3.05, 3.63) is 59.7 Å². The first-order chi connectivity index (χ1) is 9.35. The smallest absolute Gasteiger partial charge is 0.124 e. The number of benzene rings is 2. The van der Waals surface area contributed by atoms with E-state index >= 15 is 0 Å². The molecule has 0 aromatic heterocycles. The zero-order valence-corrected chi connectivity index (χ0v) is 11.1. The van der Waals surface area contributed by atoms with Crippen LogP contribution in [-0.2, 0) is 13.2 Å². The third kappa shape index (κ3) is 3.48. The maximum absolute atomic E-state index is 9.29. The molecule has 0 aliphatic rings. The van der Waals surface area contributed by atoms with Crippen molar-refractivity contribution < 1.29 is 9.84 Å². The van der Waals surface area contributed by atoms with Gasteiger partial charge in [0.15, 0.2) is 0 Å². The Kier molecular flexibility index (Phi) is 4.81. The van der Waals surface area contributed by atoms with Gasteiger partial charge in [0, 0.05) is 23.4 Å². The molecule has 0 saturated carbocycles. The topological polar surface area (TPSA) is 41.5 Å². The quantitative estimate of drug-likeness (QED) is 0.835. The van der Waals surface area contributed by atoms with E-state index in [0.29, 0.717) is 13.2 Å². The van der Waals surface area contributed by atoms with Crippen LogP contribution in [0.4, 0.5) is 5.69 Å². The molecule has 19 heavy (non-hydrogen) atoms. The summed E-state index contributed by atoms with van der Waals surface area (Å²) in [5, 5.41) is 12.6. The first-order valence-corrected chi connectivity index (χ1v) is 6.48. The summed E-state index contributed by atoms with van der Waals surface area (Å²) < 4.78 is 5.59. The lowest BCUT2D eigenvalue weighted by Gasteiger charge is -2.13. The van der Waals surface area contributed by atoms with Gasteiger partial charge in [0.05, 0.1) is 13.2 Å². The summed E-state index contributed by atoms with van der Waals surface area (Å²) in [4.78, 5) is 0. The van der Waals surface area contributed by atoms with Crippen LogP contribution < -0.4 is 10.1 Å². The van der Waals surface area contributed by atoms with Crippen LogP contribution in [0.15, 0.2) is 48.5 Å². The molecule has 0 radical (unpaired) electrons. The Hall–Kier alpha value is -2.00. The number of ether oxygens (including phenoxy) is 1. The summed E-state index contributed by atoms with van der Waals surface area (Å²) in [5.41, 5.74) is 2.96. The molecule has 0 saturated heterocycles. The fourth-order valence-corrected chi connectivity index (χ4v) is 1.97. The predicted octanol–water partition coefficient (Wildman–Crippen LogP) is 3.19. The van der Waals surface area contributed by atoms with Gasteiger partial charge < -0.3 is 15.2 Å². The molecule has 2 N–H and O–H groups in total. The van der Waals surface area contributed by atoms with Gasteiger partial charge in [-0.3, -0.25) is 0 Å². The van der Waals surface area contributed by atoms with E-state index in [9.17, 15) is 5.11 Å². The van der Waals surface area contributed by atoms with E-state index in [0.717, 1.165) is 22.6 Å². The van der Waals surface area contributed by atoms with Crippen molar-refractivity contribution in [1.29, 1.82) is 0 Å². The Morgan fingerprint density at radius 2 is 1.68 bits per heavy atom. The summed E-state index contributed by atoms with van der Waals surface area (Å²) in [6, 6.07) is 15.7. The Morgan fingerprint density at radius 3 is 2.42 bits per heavy atom. The number of rotatable bonds is 6. The molecule has 2 rings (SSSR count). The highest BCUT2D eigenvalue weighted by Crippen LogP contribution is 2.21. The van der Waals surface area contributed by atoms with Crippen LogP contribution in [0.25, 0.3) is 0 Å². The average Bonchev–Trinajstić information content (AvgIpc) is 2.47. The minimum absolute atomic E-state index is 0.0380. The second kappa shape index (κ2) is 6.81. The summed E-state index contributed by atoms with van der Waals surface area (Å²) in [6.45, 7) is 3.35. The predicted molar refractivity (Wildman–Crippen MR) is 77.3 cm³/mol. The first kappa shape index (κ1) is 13.4. The molecule has 0 aliphatic heterocycles. The highest BCUT2D eigenvalue weighted by atomic mass is 16.5. The molecular weight excluding hydrogens is 238 g/mol. The second-order valence-electron chi connectivity index (χ2n) is 4.21. The molecular formula is C16H19NO2. The third-order valence-electron chi connectivity index (χ3n) is 2.93. The minimum Gasteiger partial charge on any atom is -0.494 e. The SMILES string of the molecule is CCOc1ccccc1CNc1ccccc1CO. The van der Waals surface area contributed by atoms with Crippen molar-refractivity contribution in [3.8, 4) is 5.75 Å². The summed E-state index contributed by atoms with van der Waals surface area (Å²) >= 11 is 0. The largest absolute Gasteiger partial charge is 0.494 e. The van der Waals surface area contributed by atoms with Gasteiger partial charge in [-0.15, -0.1) is 0 Å². The zero-order valence-electron chi connectivity index (χ0n) is 11.1. The van der Waals surface area contributed by atoms with Gasteiger partial charge in [0.1, 0.15) is 5.75 Å². The van der Waals surface area contributed by atoms with Crippen LogP contribution in [-0.4, -0.2) is 11.7 Å². The minimum atomic E-state index is 0.0380. The Bertz CT molecular complexity index is 526. The fraction of sp³-hybridized carbons (Fsp3) is 0.250. The third-order valence-corrected chi connectivity index (χ3v) is 2.93.